The number of carbonyl (C=O) groups is 2. The molecular weight excluding hydrogens is 626 g/mol. The molecule has 0 bridgehead atoms. The second-order valence-electron chi connectivity index (χ2n) is 9.53. The van der Waals surface area contributed by atoms with Crippen LogP contribution in [0.25, 0.3) is 0 Å². The predicted molar refractivity (Wildman–Crippen MR) is 209 cm³/mol. The minimum Gasteiger partial charge on any atom is -0.354 e. The smallest absolute Gasteiger partial charge is 0.243 e. The van der Waals surface area contributed by atoms with Gasteiger partial charge < -0.3 is 16.0 Å². The summed E-state index contributed by atoms with van der Waals surface area (Å²) in [4.78, 5) is 23.4. The first-order valence-corrected chi connectivity index (χ1v) is 18.9. The Hall–Kier alpha value is -3.40. The number of nitrogens with one attached hydrogen (secondary N) is 3. The maximum atomic E-state index is 12.7. The Kier molecular flexibility index (Phi) is 51.7. The highest BCUT2D eigenvalue weighted by atomic mass is 32.2. The molecule has 0 aliphatic rings. The third-order valence-corrected chi connectivity index (χ3v) is 8.00. The monoisotopic (exact) mass is 696 g/mol. The Morgan fingerprint density at radius 2 is 1.42 bits per heavy atom. The topological polar surface area (TPSA) is 104 Å². The first kappa shape index (κ1) is 56.9. The van der Waals surface area contributed by atoms with Crippen LogP contribution < -0.4 is 16.0 Å². The highest BCUT2D eigenvalue weighted by molar-refractivity contribution is 7.92. The van der Waals surface area contributed by atoms with Crippen molar-refractivity contribution in [3.63, 3.8) is 0 Å². The maximum Gasteiger partial charge on any atom is 0.243 e. The molecular formula is C39H70FN3O4S. The van der Waals surface area contributed by atoms with E-state index in [0.717, 1.165) is 37.9 Å². The Morgan fingerprint density at radius 1 is 0.917 bits per heavy atom. The lowest BCUT2D eigenvalue weighted by atomic mass is 10.1. The van der Waals surface area contributed by atoms with E-state index in [2.05, 4.69) is 79.4 Å². The lowest BCUT2D eigenvalue weighted by Crippen LogP contribution is -2.49. The van der Waals surface area contributed by atoms with Crippen LogP contribution >= 0.6 is 0 Å². The van der Waals surface area contributed by atoms with Gasteiger partial charge in [0.25, 0.3) is 0 Å². The molecule has 9 heteroatoms. The number of carbonyl (C=O) groups excluding carboxylic acids is 2. The summed E-state index contributed by atoms with van der Waals surface area (Å²) in [6.45, 7) is 26.6. The summed E-state index contributed by atoms with van der Waals surface area (Å²) in [5.41, 5.74) is 3.46. The fourth-order valence-corrected chi connectivity index (χ4v) is 6.03. The zero-order chi connectivity index (χ0) is 39.0. The van der Waals surface area contributed by atoms with E-state index < -0.39 is 27.0 Å². The van der Waals surface area contributed by atoms with Gasteiger partial charge in [-0.2, -0.15) is 0 Å². The normalized spacial score (nSPS) is 9.69. The summed E-state index contributed by atoms with van der Waals surface area (Å²) >= 11 is 0. The van der Waals surface area contributed by atoms with Gasteiger partial charge in [0.15, 0.2) is 9.84 Å². The minimum atomic E-state index is -3.48. The van der Waals surface area contributed by atoms with Gasteiger partial charge in [-0.15, -0.1) is 25.7 Å². The van der Waals surface area contributed by atoms with Gasteiger partial charge in [-0.25, -0.2) is 12.8 Å². The Bertz CT molecular complexity index is 1050. The summed E-state index contributed by atoms with van der Waals surface area (Å²) < 4.78 is 37.2. The first-order chi connectivity index (χ1) is 23.0. The number of terminal acetylenes is 2. The van der Waals surface area contributed by atoms with Crippen LogP contribution in [-0.2, 0) is 32.4 Å². The lowest BCUT2D eigenvalue weighted by molar-refractivity contribution is -0.124. The average Bonchev–Trinajstić information content (AvgIpc) is 3.10. The van der Waals surface area contributed by atoms with Crippen molar-refractivity contribution in [1.29, 1.82) is 0 Å². The fourth-order valence-electron chi connectivity index (χ4n) is 3.85. The van der Waals surface area contributed by atoms with Crippen LogP contribution in [0.2, 0.25) is 0 Å². The second-order valence-corrected chi connectivity index (χ2v) is 11.9. The van der Waals surface area contributed by atoms with Crippen molar-refractivity contribution >= 4 is 22.2 Å². The highest BCUT2D eigenvalue weighted by Crippen LogP contribution is 2.16. The van der Waals surface area contributed by atoms with Crippen LogP contribution in [0, 0.1) is 25.7 Å². The molecule has 0 radical (unpaired) electrons. The van der Waals surface area contributed by atoms with Gasteiger partial charge in [-0.1, -0.05) is 112 Å². The van der Waals surface area contributed by atoms with E-state index in [9.17, 15) is 22.4 Å². The highest BCUT2D eigenvalue weighted by Gasteiger charge is 2.30. The van der Waals surface area contributed by atoms with Gasteiger partial charge in [0.05, 0.1) is 11.0 Å². The van der Waals surface area contributed by atoms with Crippen LogP contribution in [0.3, 0.4) is 0 Å². The summed E-state index contributed by atoms with van der Waals surface area (Å²) in [7, 11) is -3.48. The molecule has 1 rings (SSSR count). The Morgan fingerprint density at radius 3 is 1.81 bits per heavy atom. The number of benzene rings is 1. The van der Waals surface area contributed by atoms with E-state index in [1.54, 1.807) is 0 Å². The molecule has 0 heterocycles. The number of hydrogen-bond donors (Lipinski definition) is 3. The molecule has 0 aliphatic heterocycles. The molecule has 48 heavy (non-hydrogen) atoms. The molecule has 278 valence electrons. The molecule has 0 aromatic heterocycles. The molecule has 0 fully saturated rings. The third kappa shape index (κ3) is 35.5. The standard InChI is InChI=1S/C23H39N3O4S.C6H9F.3C2H6.2C2H2/c1-4-9-21(10-5-2)31(29,30)17-22(26-18-27)23(28)25-14-8-13-24-16-20-12-7-11-19(6-3)15-20;1-5(2)4-6(3)7;5*1-2/h7,11-12,15,18,21-22,24H,4-6,8-10,13-14,16-17H2,1-3H3,(H,25,28)(H,26,27);4H,3H2,1-2H3;3*1-2H3;2*1-2H/t22-;;;;;;/m1....../s1. The van der Waals surface area contributed by atoms with Gasteiger partial charge in [0.1, 0.15) is 11.9 Å². The van der Waals surface area contributed by atoms with Crippen molar-refractivity contribution in [2.24, 2.45) is 0 Å². The molecule has 1 aromatic rings. The second kappa shape index (κ2) is 43.6. The van der Waals surface area contributed by atoms with Crippen molar-refractivity contribution in [2.75, 3.05) is 18.8 Å². The minimum absolute atomic E-state index is 0.367. The van der Waals surface area contributed by atoms with Crippen molar-refractivity contribution < 1.29 is 22.4 Å². The molecule has 0 spiro atoms. The number of rotatable bonds is 18. The van der Waals surface area contributed by atoms with E-state index in [-0.39, 0.29) is 11.6 Å². The molecule has 2 amide bonds. The molecule has 7 nitrogen and oxygen atoms in total. The summed E-state index contributed by atoms with van der Waals surface area (Å²) in [5, 5.41) is 7.99. The van der Waals surface area contributed by atoms with E-state index in [1.807, 2.05) is 69.2 Å². The number of aryl methyl sites for hydroxylation is 1. The predicted octanol–water partition coefficient (Wildman–Crippen LogP) is 8.36. The van der Waals surface area contributed by atoms with Crippen LogP contribution in [0.1, 0.15) is 119 Å². The molecule has 3 N–H and O–H groups in total. The molecule has 0 saturated heterocycles. The van der Waals surface area contributed by atoms with Gasteiger partial charge in [-0.3, -0.25) is 9.59 Å². The van der Waals surface area contributed by atoms with E-state index in [1.165, 1.54) is 17.2 Å². The quantitative estimate of drug-likeness (QED) is 0.0620. The molecule has 1 aromatic carbocycles. The van der Waals surface area contributed by atoms with Crippen molar-refractivity contribution in [1.82, 2.24) is 16.0 Å². The van der Waals surface area contributed by atoms with Crippen LogP contribution in [0.4, 0.5) is 4.39 Å². The van der Waals surface area contributed by atoms with Gasteiger partial charge in [0, 0.05) is 13.1 Å². The zero-order valence-corrected chi connectivity index (χ0v) is 32.9. The zero-order valence-electron chi connectivity index (χ0n) is 32.1. The van der Waals surface area contributed by atoms with Crippen molar-refractivity contribution in [3.05, 3.63) is 59.4 Å². The number of halogens is 1. The lowest BCUT2D eigenvalue weighted by Gasteiger charge is -2.21. The first-order valence-electron chi connectivity index (χ1n) is 17.1. The maximum absolute atomic E-state index is 12.7. The van der Waals surface area contributed by atoms with Crippen LogP contribution in [0.5, 0.6) is 0 Å². The molecule has 0 aliphatic carbocycles. The number of amides is 2. The largest absolute Gasteiger partial charge is 0.354 e. The third-order valence-electron chi connectivity index (χ3n) is 5.72. The van der Waals surface area contributed by atoms with Gasteiger partial charge in [-0.05, 0) is 63.3 Å². The van der Waals surface area contributed by atoms with Crippen LogP contribution in [0.15, 0.2) is 48.3 Å². The van der Waals surface area contributed by atoms with Crippen molar-refractivity contribution in [2.45, 2.75) is 133 Å². The molecule has 1 atom stereocenters. The van der Waals surface area contributed by atoms with Crippen LogP contribution in [-0.4, -0.2) is 50.9 Å². The van der Waals surface area contributed by atoms with E-state index in [4.69, 9.17) is 0 Å². The molecule has 0 unspecified atom stereocenters. The number of hydrogen-bond acceptors (Lipinski definition) is 5. The summed E-state index contributed by atoms with van der Waals surface area (Å²) in [5.74, 6) is -1.20. The fraction of sp³-hybridized carbons (Fsp3) is 0.590. The average molecular weight is 696 g/mol. The van der Waals surface area contributed by atoms with Gasteiger partial charge >= 0.3 is 0 Å². The van der Waals surface area contributed by atoms with Crippen molar-refractivity contribution in [3.8, 4) is 25.7 Å². The van der Waals surface area contributed by atoms with E-state index in [0.29, 0.717) is 32.2 Å². The number of allylic oxidation sites excluding steroid dienone is 3. The Labute approximate surface area is 296 Å². The summed E-state index contributed by atoms with van der Waals surface area (Å²) in [6.07, 6.45) is 22.1. The molecule has 0 saturated carbocycles. The Balaban J connectivity index is -0.000000218. The summed E-state index contributed by atoms with van der Waals surface area (Å²) in [6, 6.07) is 7.35. The SMILES string of the molecule is C#C.C#C.C=C(F)C=C(C)C.CC.CC.CC.CCCC(CCC)S(=O)(=O)C[C@@H](NC=O)C(=O)NCCCNCc1cccc(CC)c1. The number of sulfone groups is 1. The van der Waals surface area contributed by atoms with Gasteiger partial charge in [0.2, 0.25) is 12.3 Å². The van der Waals surface area contributed by atoms with E-state index >= 15 is 0 Å².